The van der Waals surface area contributed by atoms with Gasteiger partial charge in [0.2, 0.25) is 0 Å². The summed E-state index contributed by atoms with van der Waals surface area (Å²) in [6, 6.07) is 7.04. The van der Waals surface area contributed by atoms with Gasteiger partial charge in [-0.25, -0.2) is 0 Å². The molecule has 0 atom stereocenters. The molecule has 0 amide bonds. The maximum atomic E-state index is 10.1. The van der Waals surface area contributed by atoms with Crippen molar-refractivity contribution in [2.24, 2.45) is 0 Å². The Labute approximate surface area is 87.2 Å². The molecule has 62 valence electrons. The van der Waals surface area contributed by atoms with Crippen LogP contribution in [0.5, 0.6) is 5.75 Å². The van der Waals surface area contributed by atoms with E-state index in [0.29, 0.717) is 18.0 Å². The molecular weight excluding hydrogens is 163 g/mol. The van der Waals surface area contributed by atoms with Gasteiger partial charge in [0.25, 0.3) is 6.47 Å². The Kier molecular flexibility index (Phi) is 3.18. The van der Waals surface area contributed by atoms with Crippen LogP contribution in [0.4, 0.5) is 0 Å². The van der Waals surface area contributed by atoms with E-state index in [0.717, 1.165) is 5.56 Å². The standard InChI is InChI=1S/C9H6O3.Li.H/c10-6-12-9-4-3-8-7(9)2-1-5-11-8;;/h1-6H;;. The van der Waals surface area contributed by atoms with Crippen molar-refractivity contribution in [2.75, 3.05) is 0 Å². The fraction of sp³-hybridized carbons (Fsp3) is 0. The summed E-state index contributed by atoms with van der Waals surface area (Å²) in [5.41, 5.74) is 0.810. The first-order valence-corrected chi connectivity index (χ1v) is 3.48. The van der Waals surface area contributed by atoms with E-state index in [1.807, 2.05) is 6.07 Å². The predicted octanol–water partition coefficient (Wildman–Crippen LogP) is 1.27. The molecule has 0 aromatic rings. The van der Waals surface area contributed by atoms with E-state index >= 15 is 0 Å². The Bertz CT molecular complexity index is 369. The molecule has 2 aliphatic rings. The van der Waals surface area contributed by atoms with Crippen molar-refractivity contribution in [3.05, 3.63) is 30.5 Å². The average molecular weight is 170 g/mol. The topological polar surface area (TPSA) is 39.4 Å². The Hall–Kier alpha value is -1.17. The van der Waals surface area contributed by atoms with Crippen LogP contribution < -0.4 is 4.74 Å². The molecule has 1 aliphatic carbocycles. The minimum absolute atomic E-state index is 0. The van der Waals surface area contributed by atoms with Crippen molar-refractivity contribution in [3.63, 3.8) is 0 Å². The van der Waals surface area contributed by atoms with E-state index in [2.05, 4.69) is 0 Å². The van der Waals surface area contributed by atoms with Crippen LogP contribution in [0.2, 0.25) is 0 Å². The Morgan fingerprint density at radius 2 is 2.15 bits per heavy atom. The van der Waals surface area contributed by atoms with E-state index in [1.54, 1.807) is 24.5 Å². The first-order chi connectivity index (χ1) is 5.92. The third-order valence-electron chi connectivity index (χ3n) is 1.63. The van der Waals surface area contributed by atoms with E-state index in [9.17, 15) is 4.79 Å². The predicted molar refractivity (Wildman–Crippen MR) is 49.2 cm³/mol. The molecule has 0 radical (unpaired) electrons. The molecule has 0 saturated heterocycles. The SMILES string of the molecule is O=COc1ccc2occcc1-2.[LiH]. The molecule has 0 aromatic heterocycles. The summed E-state index contributed by atoms with van der Waals surface area (Å²) >= 11 is 0. The first kappa shape index (κ1) is 9.91. The van der Waals surface area contributed by atoms with Crippen molar-refractivity contribution in [1.82, 2.24) is 0 Å². The number of rotatable bonds is 2. The van der Waals surface area contributed by atoms with Crippen molar-refractivity contribution in [3.8, 4) is 17.1 Å². The van der Waals surface area contributed by atoms with Gasteiger partial charge in [0, 0.05) is 0 Å². The molecule has 3 nitrogen and oxygen atoms in total. The number of hydrogen-bond acceptors (Lipinski definition) is 3. The molecule has 0 aromatic carbocycles. The number of carbonyl (C=O) groups is 1. The second-order valence-electron chi connectivity index (χ2n) is 2.30. The molecule has 0 bridgehead atoms. The third kappa shape index (κ3) is 1.77. The second kappa shape index (κ2) is 4.17. The minimum atomic E-state index is 0. The molecule has 2 rings (SSSR count). The average Bonchev–Trinajstić information content (AvgIpc) is 2.50. The fourth-order valence-electron chi connectivity index (χ4n) is 1.12. The molecule has 0 saturated carbocycles. The molecule has 0 spiro atoms. The summed E-state index contributed by atoms with van der Waals surface area (Å²) in [5.74, 6) is 1.25. The van der Waals surface area contributed by atoms with Crippen LogP contribution in [0.15, 0.2) is 34.9 Å². The summed E-state index contributed by atoms with van der Waals surface area (Å²) in [6.07, 6.45) is 1.58. The van der Waals surface area contributed by atoms with Crippen molar-refractivity contribution in [2.45, 2.75) is 0 Å². The fourth-order valence-corrected chi connectivity index (χ4v) is 1.12. The van der Waals surface area contributed by atoms with Gasteiger partial charge in [0.05, 0.1) is 11.8 Å². The molecular formula is C9H7LiO3. The van der Waals surface area contributed by atoms with Crippen LogP contribution in [0, 0.1) is 0 Å². The number of fused-ring (bicyclic) bond motifs is 1. The van der Waals surface area contributed by atoms with Gasteiger partial charge in [-0.15, -0.1) is 0 Å². The molecule has 0 unspecified atom stereocenters. The normalized spacial score (nSPS) is 9.23. The van der Waals surface area contributed by atoms with Gasteiger partial charge in [0.1, 0.15) is 11.5 Å². The zero-order chi connectivity index (χ0) is 8.39. The zero-order valence-corrected chi connectivity index (χ0v) is 6.19. The summed E-state index contributed by atoms with van der Waals surface area (Å²) < 4.78 is 9.86. The van der Waals surface area contributed by atoms with Gasteiger partial charge >= 0.3 is 18.9 Å². The van der Waals surface area contributed by atoms with Gasteiger partial charge < -0.3 is 9.15 Å². The first-order valence-electron chi connectivity index (χ1n) is 3.48. The van der Waals surface area contributed by atoms with Crippen molar-refractivity contribution < 1.29 is 13.9 Å². The van der Waals surface area contributed by atoms with Crippen LogP contribution in [0.25, 0.3) is 11.3 Å². The molecule has 1 heterocycles. The Morgan fingerprint density at radius 3 is 2.92 bits per heavy atom. The van der Waals surface area contributed by atoms with Gasteiger partial charge in [0.15, 0.2) is 0 Å². The molecule has 13 heavy (non-hydrogen) atoms. The number of hydrogen-bond donors (Lipinski definition) is 0. The van der Waals surface area contributed by atoms with Crippen molar-refractivity contribution >= 4 is 25.3 Å². The van der Waals surface area contributed by atoms with Gasteiger partial charge in [-0.3, -0.25) is 4.79 Å². The molecule has 0 N–H and O–H groups in total. The Morgan fingerprint density at radius 1 is 1.31 bits per heavy atom. The maximum absolute atomic E-state index is 10.1. The van der Waals surface area contributed by atoms with E-state index in [-0.39, 0.29) is 18.9 Å². The number of ether oxygens (including phenoxy) is 1. The van der Waals surface area contributed by atoms with E-state index < -0.39 is 0 Å². The van der Waals surface area contributed by atoms with Crippen LogP contribution in [0.1, 0.15) is 0 Å². The van der Waals surface area contributed by atoms with Crippen LogP contribution >= 0.6 is 0 Å². The quantitative estimate of drug-likeness (QED) is 0.503. The third-order valence-corrected chi connectivity index (χ3v) is 1.63. The summed E-state index contributed by atoms with van der Waals surface area (Å²) in [6.45, 7) is 0.405. The molecule has 0 fully saturated rings. The van der Waals surface area contributed by atoms with E-state index in [4.69, 9.17) is 9.15 Å². The Balaban J connectivity index is 0.000000845. The molecule has 1 aliphatic heterocycles. The second-order valence-corrected chi connectivity index (χ2v) is 2.30. The molecule has 4 heteroatoms. The van der Waals surface area contributed by atoms with Crippen LogP contribution in [0.3, 0.4) is 0 Å². The van der Waals surface area contributed by atoms with Gasteiger partial charge in [-0.1, -0.05) is 0 Å². The van der Waals surface area contributed by atoms with Gasteiger partial charge in [-0.05, 0) is 24.3 Å². The summed E-state index contributed by atoms with van der Waals surface area (Å²) in [7, 11) is 0. The van der Waals surface area contributed by atoms with Gasteiger partial charge in [-0.2, -0.15) is 0 Å². The van der Waals surface area contributed by atoms with Crippen LogP contribution in [-0.4, -0.2) is 25.3 Å². The number of carbonyl (C=O) groups excluding carboxylic acids is 1. The van der Waals surface area contributed by atoms with E-state index in [1.165, 1.54) is 0 Å². The van der Waals surface area contributed by atoms with Crippen molar-refractivity contribution in [1.29, 1.82) is 0 Å². The summed E-state index contributed by atoms with van der Waals surface area (Å²) in [4.78, 5) is 10.1. The van der Waals surface area contributed by atoms with Crippen LogP contribution in [-0.2, 0) is 4.79 Å². The monoisotopic (exact) mass is 170 g/mol. The zero-order valence-electron chi connectivity index (χ0n) is 6.19. The summed E-state index contributed by atoms with van der Waals surface area (Å²) in [5, 5.41) is 0.